The summed E-state index contributed by atoms with van der Waals surface area (Å²) >= 11 is 0. The average molecular weight is 144 g/mol. The smallest absolute Gasteiger partial charge is 0.0906 e. The molecule has 0 rings (SSSR count). The van der Waals surface area contributed by atoms with Gasteiger partial charge in [0.2, 0.25) is 0 Å². The van der Waals surface area contributed by atoms with E-state index in [1.54, 1.807) is 20.2 Å². The van der Waals surface area contributed by atoms with E-state index in [4.69, 9.17) is 0 Å². The molecular formula is C7H16N2O. The molecule has 0 unspecified atom stereocenters. The van der Waals surface area contributed by atoms with Crippen molar-refractivity contribution in [3.05, 3.63) is 17.9 Å². The van der Waals surface area contributed by atoms with Crippen LogP contribution in [0.5, 0.6) is 0 Å². The molecule has 0 bridgehead atoms. The quantitative estimate of drug-likeness (QED) is 0.261. The van der Waals surface area contributed by atoms with Crippen molar-refractivity contribution in [3.8, 4) is 0 Å². The Morgan fingerprint density at radius 1 is 1.60 bits per heavy atom. The van der Waals surface area contributed by atoms with Crippen LogP contribution in [0.3, 0.4) is 0 Å². The molecule has 0 amide bonds. The molecule has 0 aromatic rings. The molecule has 0 aliphatic carbocycles. The molecule has 0 atom stereocenters. The predicted octanol–water partition coefficient (Wildman–Crippen LogP) is 0.336. The summed E-state index contributed by atoms with van der Waals surface area (Å²) in [6.07, 6.45) is 1.78. The highest BCUT2D eigenvalue weighted by Gasteiger charge is 1.98. The maximum atomic E-state index is 10.9. The minimum atomic E-state index is -0.232. The summed E-state index contributed by atoms with van der Waals surface area (Å²) in [5.74, 6) is 0. The van der Waals surface area contributed by atoms with E-state index in [0.29, 0.717) is 6.54 Å². The molecule has 0 radical (unpaired) electrons. The maximum absolute atomic E-state index is 10.9. The van der Waals surface area contributed by atoms with Crippen LogP contribution in [0, 0.1) is 5.21 Å². The molecule has 0 aromatic carbocycles. The third-order valence-electron chi connectivity index (χ3n) is 1.12. The van der Waals surface area contributed by atoms with Gasteiger partial charge in [0.25, 0.3) is 0 Å². The van der Waals surface area contributed by atoms with Crippen molar-refractivity contribution in [2.45, 2.75) is 0 Å². The molecule has 0 saturated carbocycles. The zero-order valence-corrected chi connectivity index (χ0v) is 6.76. The molecule has 3 nitrogen and oxygen atoms in total. The van der Waals surface area contributed by atoms with Crippen molar-refractivity contribution in [2.24, 2.45) is 0 Å². The van der Waals surface area contributed by atoms with Gasteiger partial charge in [-0.1, -0.05) is 6.08 Å². The molecule has 0 aromatic heterocycles. The van der Waals surface area contributed by atoms with Crippen LogP contribution in [0.1, 0.15) is 0 Å². The van der Waals surface area contributed by atoms with Crippen molar-refractivity contribution in [3.63, 3.8) is 0 Å². The highest BCUT2D eigenvalue weighted by atomic mass is 16.5. The van der Waals surface area contributed by atoms with Crippen molar-refractivity contribution in [1.82, 2.24) is 5.32 Å². The number of hydroxylamine groups is 3. The van der Waals surface area contributed by atoms with Gasteiger partial charge in [0.1, 0.15) is 0 Å². The second-order valence-corrected chi connectivity index (χ2v) is 2.79. The molecule has 1 N–H and O–H groups in total. The van der Waals surface area contributed by atoms with Gasteiger partial charge in [-0.3, -0.25) is 0 Å². The van der Waals surface area contributed by atoms with Crippen LogP contribution < -0.4 is 5.32 Å². The molecule has 0 spiro atoms. The highest BCUT2D eigenvalue weighted by molar-refractivity contribution is 4.68. The van der Waals surface area contributed by atoms with Gasteiger partial charge in [0.05, 0.1) is 20.6 Å². The van der Waals surface area contributed by atoms with Crippen LogP contribution in [0.2, 0.25) is 0 Å². The van der Waals surface area contributed by atoms with E-state index in [-0.39, 0.29) is 4.65 Å². The highest BCUT2D eigenvalue weighted by Crippen LogP contribution is 1.88. The minimum absolute atomic E-state index is 0.232. The van der Waals surface area contributed by atoms with E-state index in [1.807, 2.05) is 0 Å². The maximum Gasteiger partial charge on any atom is 0.0906 e. The molecule has 0 aliphatic heterocycles. The lowest BCUT2D eigenvalue weighted by molar-refractivity contribution is -0.838. The summed E-state index contributed by atoms with van der Waals surface area (Å²) in [6, 6.07) is 0. The number of nitrogens with zero attached hydrogens (tertiary/aromatic N) is 1. The Morgan fingerprint density at radius 3 is 2.60 bits per heavy atom. The van der Waals surface area contributed by atoms with E-state index >= 15 is 0 Å². The molecule has 0 saturated heterocycles. The fourth-order valence-corrected chi connectivity index (χ4v) is 0.552. The Hall–Kier alpha value is -0.380. The molecular weight excluding hydrogens is 128 g/mol. The Kier molecular flexibility index (Phi) is 4.27. The molecule has 60 valence electrons. The van der Waals surface area contributed by atoms with Gasteiger partial charge in [-0.15, -0.1) is 6.58 Å². The van der Waals surface area contributed by atoms with Crippen molar-refractivity contribution in [2.75, 3.05) is 33.7 Å². The van der Waals surface area contributed by atoms with E-state index in [1.165, 1.54) is 0 Å². The molecule has 0 fully saturated rings. The van der Waals surface area contributed by atoms with E-state index in [0.717, 1.165) is 13.1 Å². The number of nitrogens with one attached hydrogen (secondary N) is 1. The first kappa shape index (κ1) is 9.62. The number of rotatable bonds is 5. The summed E-state index contributed by atoms with van der Waals surface area (Å²) in [6.45, 7) is 5.68. The first-order chi connectivity index (χ1) is 4.56. The fourth-order valence-electron chi connectivity index (χ4n) is 0.552. The topological polar surface area (TPSA) is 35.1 Å². The van der Waals surface area contributed by atoms with Crippen LogP contribution in [0.25, 0.3) is 0 Å². The Morgan fingerprint density at radius 2 is 2.20 bits per heavy atom. The lowest BCUT2D eigenvalue weighted by Crippen LogP contribution is -2.38. The standard InChI is InChI=1S/C7H16N2O/c1-4-5-8-6-7-9(2,3)10/h4,8H,1,5-7H2,2-3H3. The summed E-state index contributed by atoms with van der Waals surface area (Å²) < 4.78 is -0.232. The number of hydrogen-bond acceptors (Lipinski definition) is 2. The van der Waals surface area contributed by atoms with Crippen molar-refractivity contribution < 1.29 is 4.65 Å². The Labute approximate surface area is 62.5 Å². The average Bonchev–Trinajstić information content (AvgIpc) is 1.78. The van der Waals surface area contributed by atoms with E-state index in [2.05, 4.69) is 11.9 Å². The van der Waals surface area contributed by atoms with E-state index in [9.17, 15) is 5.21 Å². The first-order valence-electron chi connectivity index (χ1n) is 3.42. The van der Waals surface area contributed by atoms with Gasteiger partial charge in [0.15, 0.2) is 0 Å². The molecule has 10 heavy (non-hydrogen) atoms. The third-order valence-corrected chi connectivity index (χ3v) is 1.12. The van der Waals surface area contributed by atoms with Gasteiger partial charge >= 0.3 is 0 Å². The van der Waals surface area contributed by atoms with Gasteiger partial charge in [-0.2, -0.15) is 0 Å². The lowest BCUT2D eigenvalue weighted by Gasteiger charge is -2.33. The van der Waals surface area contributed by atoms with Gasteiger partial charge in [0, 0.05) is 13.1 Å². The van der Waals surface area contributed by atoms with Gasteiger partial charge in [-0.25, -0.2) is 0 Å². The summed E-state index contributed by atoms with van der Waals surface area (Å²) in [4.78, 5) is 0. The minimum Gasteiger partial charge on any atom is -0.633 e. The number of quaternary nitrogens is 1. The SMILES string of the molecule is C=CCNCC[N+](C)(C)[O-]. The van der Waals surface area contributed by atoms with Crippen LogP contribution in [0.15, 0.2) is 12.7 Å². The first-order valence-corrected chi connectivity index (χ1v) is 3.42. The number of likely N-dealkylation sites (N-methyl/N-ethyl adjacent to an activating group) is 1. The Balaban J connectivity index is 3.12. The monoisotopic (exact) mass is 144 g/mol. The van der Waals surface area contributed by atoms with E-state index < -0.39 is 0 Å². The Bertz CT molecular complexity index is 96.3. The van der Waals surface area contributed by atoms with Gasteiger partial charge in [-0.05, 0) is 0 Å². The molecule has 0 heterocycles. The van der Waals surface area contributed by atoms with Crippen molar-refractivity contribution in [1.29, 1.82) is 0 Å². The zero-order valence-electron chi connectivity index (χ0n) is 6.76. The normalized spacial score (nSPS) is 11.5. The molecule has 3 heteroatoms. The van der Waals surface area contributed by atoms with Crippen LogP contribution in [-0.4, -0.2) is 38.4 Å². The largest absolute Gasteiger partial charge is 0.633 e. The summed E-state index contributed by atoms with van der Waals surface area (Å²) in [7, 11) is 3.27. The van der Waals surface area contributed by atoms with Crippen LogP contribution >= 0.6 is 0 Å². The summed E-state index contributed by atoms with van der Waals surface area (Å²) in [5.41, 5.74) is 0. The predicted molar refractivity (Wildman–Crippen MR) is 43.4 cm³/mol. The number of hydrogen-bond donors (Lipinski definition) is 1. The van der Waals surface area contributed by atoms with Crippen molar-refractivity contribution >= 4 is 0 Å². The second-order valence-electron chi connectivity index (χ2n) is 2.79. The second kappa shape index (κ2) is 4.44. The lowest BCUT2D eigenvalue weighted by atomic mass is 10.5. The third kappa shape index (κ3) is 7.62. The summed E-state index contributed by atoms with van der Waals surface area (Å²) in [5, 5.41) is 14.0. The van der Waals surface area contributed by atoms with Crippen LogP contribution in [-0.2, 0) is 0 Å². The van der Waals surface area contributed by atoms with Gasteiger partial charge < -0.3 is 15.2 Å². The van der Waals surface area contributed by atoms with Crippen LogP contribution in [0.4, 0.5) is 0 Å². The zero-order chi connectivity index (χ0) is 8.04. The molecule has 0 aliphatic rings. The fraction of sp³-hybridized carbons (Fsp3) is 0.714.